The van der Waals surface area contributed by atoms with Gasteiger partial charge in [0.15, 0.2) is 5.82 Å². The fraction of sp³-hybridized carbons (Fsp3) is 0.214. The van der Waals surface area contributed by atoms with Crippen LogP contribution >= 0.6 is 11.6 Å². The van der Waals surface area contributed by atoms with Gasteiger partial charge >= 0.3 is 0 Å². The van der Waals surface area contributed by atoms with Crippen LogP contribution in [0.3, 0.4) is 0 Å². The Balaban J connectivity index is 1.88. The Morgan fingerprint density at radius 1 is 1.15 bits per heavy atom. The van der Waals surface area contributed by atoms with Crippen molar-refractivity contribution in [1.82, 2.24) is 19.6 Å². The molecule has 2 aromatic heterocycles. The molecule has 5 nitrogen and oxygen atoms in total. The standard InChI is InChI=1S/C14H14ClN5/c1-9-13(15)10(2)20-14(17-9)18-12(19-20)8-16-11-6-4-3-5-7-11/h3-7,16H,8H2,1-2H3. The summed E-state index contributed by atoms with van der Waals surface area (Å²) in [5.41, 5.74) is 2.66. The summed E-state index contributed by atoms with van der Waals surface area (Å²) in [7, 11) is 0. The van der Waals surface area contributed by atoms with Crippen molar-refractivity contribution in [3.8, 4) is 0 Å². The van der Waals surface area contributed by atoms with Crippen molar-refractivity contribution in [1.29, 1.82) is 0 Å². The fourth-order valence-electron chi connectivity index (χ4n) is 2.01. The summed E-state index contributed by atoms with van der Waals surface area (Å²) in [6, 6.07) is 9.94. The van der Waals surface area contributed by atoms with Gasteiger partial charge in [-0.3, -0.25) is 0 Å². The van der Waals surface area contributed by atoms with Crippen LogP contribution in [0.5, 0.6) is 0 Å². The first kappa shape index (κ1) is 12.9. The summed E-state index contributed by atoms with van der Waals surface area (Å²) in [5, 5.41) is 8.33. The number of aryl methyl sites for hydroxylation is 2. The molecular weight excluding hydrogens is 274 g/mol. The van der Waals surface area contributed by atoms with E-state index in [-0.39, 0.29) is 0 Å². The lowest BCUT2D eigenvalue weighted by Crippen LogP contribution is -2.02. The number of rotatable bonds is 3. The molecule has 0 amide bonds. The zero-order valence-corrected chi connectivity index (χ0v) is 12.0. The summed E-state index contributed by atoms with van der Waals surface area (Å²) in [5.74, 6) is 1.26. The average molecular weight is 288 g/mol. The van der Waals surface area contributed by atoms with E-state index < -0.39 is 0 Å². The average Bonchev–Trinajstić information content (AvgIpc) is 2.87. The van der Waals surface area contributed by atoms with Crippen molar-refractivity contribution in [3.05, 3.63) is 52.6 Å². The topological polar surface area (TPSA) is 55.1 Å². The number of halogens is 1. The first-order valence-corrected chi connectivity index (χ1v) is 6.70. The molecule has 3 rings (SSSR count). The van der Waals surface area contributed by atoms with E-state index in [9.17, 15) is 0 Å². The third-order valence-corrected chi connectivity index (χ3v) is 3.63. The van der Waals surface area contributed by atoms with Crippen LogP contribution < -0.4 is 5.32 Å². The molecule has 1 aromatic carbocycles. The molecule has 0 atom stereocenters. The van der Waals surface area contributed by atoms with Crippen LogP contribution in [-0.4, -0.2) is 19.6 Å². The van der Waals surface area contributed by atoms with Crippen LogP contribution in [0.25, 0.3) is 5.78 Å². The lowest BCUT2D eigenvalue weighted by molar-refractivity contribution is 0.850. The Kier molecular flexibility index (Phi) is 3.28. The van der Waals surface area contributed by atoms with Crippen molar-refractivity contribution in [3.63, 3.8) is 0 Å². The number of nitrogens with zero attached hydrogens (tertiary/aromatic N) is 4. The highest BCUT2D eigenvalue weighted by atomic mass is 35.5. The molecule has 6 heteroatoms. The number of hydrogen-bond donors (Lipinski definition) is 1. The molecule has 0 saturated carbocycles. The summed E-state index contributed by atoms with van der Waals surface area (Å²) < 4.78 is 1.68. The van der Waals surface area contributed by atoms with Crippen molar-refractivity contribution < 1.29 is 0 Å². The van der Waals surface area contributed by atoms with Crippen LogP contribution in [0.2, 0.25) is 5.02 Å². The molecule has 0 unspecified atom stereocenters. The van der Waals surface area contributed by atoms with E-state index >= 15 is 0 Å². The monoisotopic (exact) mass is 287 g/mol. The van der Waals surface area contributed by atoms with Crippen LogP contribution in [0, 0.1) is 13.8 Å². The number of anilines is 1. The van der Waals surface area contributed by atoms with Crippen LogP contribution in [0.4, 0.5) is 5.69 Å². The molecule has 0 bridgehead atoms. The molecule has 0 aliphatic carbocycles. The molecule has 0 saturated heterocycles. The number of para-hydroxylation sites is 1. The van der Waals surface area contributed by atoms with Crippen molar-refractivity contribution in [2.45, 2.75) is 20.4 Å². The Labute approximate surface area is 121 Å². The maximum Gasteiger partial charge on any atom is 0.253 e. The molecule has 1 N–H and O–H groups in total. The molecule has 0 radical (unpaired) electrons. The van der Waals surface area contributed by atoms with Gasteiger partial charge < -0.3 is 5.32 Å². The minimum atomic E-state index is 0.545. The number of benzene rings is 1. The van der Waals surface area contributed by atoms with E-state index in [1.807, 2.05) is 44.2 Å². The van der Waals surface area contributed by atoms with E-state index in [2.05, 4.69) is 20.4 Å². The van der Waals surface area contributed by atoms with E-state index in [1.165, 1.54) is 0 Å². The molecule has 20 heavy (non-hydrogen) atoms. The third kappa shape index (κ3) is 2.32. The Morgan fingerprint density at radius 2 is 1.90 bits per heavy atom. The molecule has 2 heterocycles. The Morgan fingerprint density at radius 3 is 2.65 bits per heavy atom. The normalized spacial score (nSPS) is 10.9. The van der Waals surface area contributed by atoms with Crippen LogP contribution in [-0.2, 0) is 6.54 Å². The first-order chi connectivity index (χ1) is 9.65. The minimum Gasteiger partial charge on any atom is -0.378 e. The number of hydrogen-bond acceptors (Lipinski definition) is 4. The van der Waals surface area contributed by atoms with E-state index in [4.69, 9.17) is 11.6 Å². The van der Waals surface area contributed by atoms with E-state index in [1.54, 1.807) is 4.52 Å². The maximum atomic E-state index is 6.17. The van der Waals surface area contributed by atoms with Gasteiger partial charge in [0.25, 0.3) is 5.78 Å². The van der Waals surface area contributed by atoms with Gasteiger partial charge in [-0.2, -0.15) is 9.50 Å². The van der Waals surface area contributed by atoms with Gasteiger partial charge in [0, 0.05) is 5.69 Å². The summed E-state index contributed by atoms with van der Waals surface area (Å²) in [6.45, 7) is 4.32. The quantitative estimate of drug-likeness (QED) is 0.804. The largest absolute Gasteiger partial charge is 0.378 e. The summed E-state index contributed by atoms with van der Waals surface area (Å²) in [6.07, 6.45) is 0. The van der Waals surface area contributed by atoms with Crippen molar-refractivity contribution in [2.24, 2.45) is 0 Å². The van der Waals surface area contributed by atoms with Gasteiger partial charge in [0.2, 0.25) is 0 Å². The molecule has 102 valence electrons. The SMILES string of the molecule is Cc1nc2nc(CNc3ccccc3)nn2c(C)c1Cl. The molecular formula is C14H14ClN5. The zero-order chi connectivity index (χ0) is 14.1. The van der Waals surface area contributed by atoms with Crippen molar-refractivity contribution >= 4 is 23.1 Å². The van der Waals surface area contributed by atoms with Gasteiger partial charge in [-0.25, -0.2) is 4.98 Å². The second kappa shape index (κ2) is 5.09. The van der Waals surface area contributed by atoms with E-state index in [0.717, 1.165) is 17.1 Å². The smallest absolute Gasteiger partial charge is 0.253 e. The lowest BCUT2D eigenvalue weighted by atomic mass is 10.3. The van der Waals surface area contributed by atoms with Gasteiger partial charge in [-0.05, 0) is 26.0 Å². The molecule has 0 aliphatic rings. The molecule has 0 fully saturated rings. The highest BCUT2D eigenvalue weighted by molar-refractivity contribution is 6.31. The zero-order valence-electron chi connectivity index (χ0n) is 11.3. The number of fused-ring (bicyclic) bond motifs is 1. The van der Waals surface area contributed by atoms with Crippen LogP contribution in [0.1, 0.15) is 17.2 Å². The minimum absolute atomic E-state index is 0.545. The summed E-state index contributed by atoms with van der Waals surface area (Å²) in [4.78, 5) is 8.75. The molecule has 0 aliphatic heterocycles. The van der Waals surface area contributed by atoms with Gasteiger partial charge in [0.05, 0.1) is 23.0 Å². The van der Waals surface area contributed by atoms with Crippen molar-refractivity contribution in [2.75, 3.05) is 5.32 Å². The Bertz CT molecular complexity index is 751. The number of nitrogens with one attached hydrogen (secondary N) is 1. The lowest BCUT2D eigenvalue weighted by Gasteiger charge is -2.02. The second-order valence-corrected chi connectivity index (χ2v) is 4.93. The van der Waals surface area contributed by atoms with Gasteiger partial charge in [0.1, 0.15) is 0 Å². The predicted molar refractivity (Wildman–Crippen MR) is 79.0 cm³/mol. The van der Waals surface area contributed by atoms with Gasteiger partial charge in [-0.15, -0.1) is 5.10 Å². The maximum absolute atomic E-state index is 6.17. The fourth-order valence-corrected chi connectivity index (χ4v) is 2.13. The van der Waals surface area contributed by atoms with Crippen LogP contribution in [0.15, 0.2) is 30.3 Å². The first-order valence-electron chi connectivity index (χ1n) is 6.32. The number of aromatic nitrogens is 4. The summed E-state index contributed by atoms with van der Waals surface area (Å²) >= 11 is 6.17. The highest BCUT2D eigenvalue weighted by Gasteiger charge is 2.11. The molecule has 0 spiro atoms. The predicted octanol–water partition coefficient (Wildman–Crippen LogP) is 3.01. The third-order valence-electron chi connectivity index (χ3n) is 3.08. The van der Waals surface area contributed by atoms with Gasteiger partial charge in [-0.1, -0.05) is 29.8 Å². The second-order valence-electron chi connectivity index (χ2n) is 4.56. The highest BCUT2D eigenvalue weighted by Crippen LogP contribution is 2.18. The Hall–Kier alpha value is -2.14. The van der Waals surface area contributed by atoms with E-state index in [0.29, 0.717) is 23.2 Å². The molecule has 3 aromatic rings.